The predicted molar refractivity (Wildman–Crippen MR) is 69.9 cm³/mol. The summed E-state index contributed by atoms with van der Waals surface area (Å²) in [7, 11) is 0. The first-order valence-corrected chi connectivity index (χ1v) is 7.38. The van der Waals surface area contributed by atoms with Gasteiger partial charge in [-0.1, -0.05) is 26.7 Å². The van der Waals surface area contributed by atoms with E-state index in [4.69, 9.17) is 4.74 Å². The van der Waals surface area contributed by atoms with Gasteiger partial charge in [0.1, 0.15) is 0 Å². The van der Waals surface area contributed by atoms with E-state index in [2.05, 4.69) is 13.8 Å². The molecule has 0 bridgehead atoms. The lowest BCUT2D eigenvalue weighted by Gasteiger charge is -2.29. The zero-order valence-corrected chi connectivity index (χ0v) is 11.6. The Balaban J connectivity index is 1.88. The Hall–Kier alpha value is -0.0800. The van der Waals surface area contributed by atoms with E-state index >= 15 is 0 Å². The van der Waals surface area contributed by atoms with Crippen LogP contribution in [0.25, 0.3) is 0 Å². The van der Waals surface area contributed by atoms with Gasteiger partial charge in [0.15, 0.2) is 0 Å². The van der Waals surface area contributed by atoms with Gasteiger partial charge in [-0.15, -0.1) is 0 Å². The van der Waals surface area contributed by atoms with Crippen molar-refractivity contribution in [3.8, 4) is 0 Å². The van der Waals surface area contributed by atoms with Gasteiger partial charge in [0.2, 0.25) is 0 Å². The molecule has 2 fully saturated rings. The second-order valence-electron chi connectivity index (χ2n) is 6.55. The van der Waals surface area contributed by atoms with Gasteiger partial charge in [0.05, 0.1) is 17.8 Å². The van der Waals surface area contributed by atoms with E-state index in [-0.39, 0.29) is 11.7 Å². The first kappa shape index (κ1) is 13.4. The molecule has 1 saturated heterocycles. The first-order valence-electron chi connectivity index (χ1n) is 7.38. The molecule has 0 aromatic heterocycles. The summed E-state index contributed by atoms with van der Waals surface area (Å²) in [5.41, 5.74) is 0.241. The Morgan fingerprint density at radius 1 is 1.18 bits per heavy atom. The Labute approximate surface area is 106 Å². The van der Waals surface area contributed by atoms with Crippen LogP contribution in [0.1, 0.15) is 65.7 Å². The van der Waals surface area contributed by atoms with Gasteiger partial charge < -0.3 is 9.84 Å². The van der Waals surface area contributed by atoms with Gasteiger partial charge in [-0.05, 0) is 50.9 Å². The summed E-state index contributed by atoms with van der Waals surface area (Å²) in [5.74, 6) is 0.926. The molecule has 2 aliphatic rings. The molecule has 1 heterocycles. The van der Waals surface area contributed by atoms with Crippen LogP contribution < -0.4 is 0 Å². The summed E-state index contributed by atoms with van der Waals surface area (Å²) >= 11 is 0. The molecule has 1 aliphatic heterocycles. The molecular weight excluding hydrogens is 212 g/mol. The summed E-state index contributed by atoms with van der Waals surface area (Å²) < 4.78 is 6.33. The second kappa shape index (κ2) is 5.27. The lowest BCUT2D eigenvalue weighted by Crippen LogP contribution is -2.29. The second-order valence-corrected chi connectivity index (χ2v) is 6.55. The van der Waals surface area contributed by atoms with E-state index < -0.39 is 0 Å². The molecule has 1 saturated carbocycles. The van der Waals surface area contributed by atoms with Crippen LogP contribution in [0.5, 0.6) is 0 Å². The summed E-state index contributed by atoms with van der Waals surface area (Å²) in [4.78, 5) is 0. The van der Waals surface area contributed by atoms with Crippen LogP contribution >= 0.6 is 0 Å². The van der Waals surface area contributed by atoms with Crippen LogP contribution in [0.4, 0.5) is 0 Å². The van der Waals surface area contributed by atoms with E-state index in [1.807, 2.05) is 6.92 Å². The highest BCUT2D eigenvalue weighted by Crippen LogP contribution is 2.45. The normalized spacial score (nSPS) is 31.2. The summed E-state index contributed by atoms with van der Waals surface area (Å²) in [5, 5.41) is 9.84. The number of aliphatic hydroxyl groups excluding tert-OH is 1. The van der Waals surface area contributed by atoms with Gasteiger partial charge in [-0.3, -0.25) is 0 Å². The molecule has 2 rings (SSSR count). The number of ether oxygens (including phenoxy) is 1. The molecule has 1 spiro atoms. The molecule has 100 valence electrons. The zero-order valence-electron chi connectivity index (χ0n) is 11.6. The van der Waals surface area contributed by atoms with Gasteiger partial charge >= 0.3 is 0 Å². The number of hydrogen-bond donors (Lipinski definition) is 1. The van der Waals surface area contributed by atoms with E-state index in [0.29, 0.717) is 17.9 Å². The summed E-state index contributed by atoms with van der Waals surface area (Å²) in [6.07, 6.45) is 8.91. The highest BCUT2D eigenvalue weighted by molar-refractivity contribution is 4.93. The van der Waals surface area contributed by atoms with Gasteiger partial charge in [-0.25, -0.2) is 0 Å². The molecule has 2 heteroatoms. The number of aliphatic hydroxyl groups is 1. The van der Waals surface area contributed by atoms with Crippen molar-refractivity contribution in [1.29, 1.82) is 0 Å². The van der Waals surface area contributed by atoms with Crippen molar-refractivity contribution in [3.63, 3.8) is 0 Å². The van der Waals surface area contributed by atoms with E-state index in [0.717, 1.165) is 6.42 Å². The lowest BCUT2D eigenvalue weighted by molar-refractivity contribution is -0.0552. The van der Waals surface area contributed by atoms with E-state index in [1.165, 1.54) is 38.5 Å². The topological polar surface area (TPSA) is 29.5 Å². The molecule has 3 unspecified atom stereocenters. The highest BCUT2D eigenvalue weighted by Gasteiger charge is 2.42. The Morgan fingerprint density at radius 3 is 2.35 bits per heavy atom. The maximum Gasteiger partial charge on any atom is 0.0687 e. The van der Waals surface area contributed by atoms with Crippen molar-refractivity contribution in [2.24, 2.45) is 11.8 Å². The summed E-state index contributed by atoms with van der Waals surface area (Å²) in [6.45, 7) is 6.33. The Morgan fingerprint density at radius 2 is 1.82 bits per heavy atom. The van der Waals surface area contributed by atoms with Crippen molar-refractivity contribution in [2.45, 2.75) is 83.5 Å². The molecule has 0 aromatic carbocycles. The minimum absolute atomic E-state index is 0.210. The zero-order chi connectivity index (χ0) is 12.5. The molecule has 2 nitrogen and oxygen atoms in total. The monoisotopic (exact) mass is 240 g/mol. The third kappa shape index (κ3) is 3.03. The molecule has 1 aliphatic carbocycles. The van der Waals surface area contributed by atoms with Crippen LogP contribution in [0.15, 0.2) is 0 Å². The predicted octanol–water partition coefficient (Wildman–Crippen LogP) is 3.52. The third-order valence-electron chi connectivity index (χ3n) is 4.86. The molecule has 1 N–H and O–H groups in total. The fraction of sp³-hybridized carbons (Fsp3) is 1.00. The largest absolute Gasteiger partial charge is 0.393 e. The van der Waals surface area contributed by atoms with Crippen LogP contribution in [-0.4, -0.2) is 22.9 Å². The van der Waals surface area contributed by atoms with Crippen molar-refractivity contribution in [2.75, 3.05) is 0 Å². The van der Waals surface area contributed by atoms with Crippen molar-refractivity contribution in [3.05, 3.63) is 0 Å². The molecule has 17 heavy (non-hydrogen) atoms. The van der Waals surface area contributed by atoms with Crippen LogP contribution in [0, 0.1) is 11.8 Å². The van der Waals surface area contributed by atoms with Gasteiger partial charge in [0.25, 0.3) is 0 Å². The van der Waals surface area contributed by atoms with Crippen LogP contribution in [0.3, 0.4) is 0 Å². The van der Waals surface area contributed by atoms with Crippen molar-refractivity contribution in [1.82, 2.24) is 0 Å². The highest BCUT2D eigenvalue weighted by atomic mass is 16.5. The third-order valence-corrected chi connectivity index (χ3v) is 4.86. The van der Waals surface area contributed by atoms with E-state index in [1.54, 1.807) is 0 Å². The number of hydrogen-bond acceptors (Lipinski definition) is 2. The lowest BCUT2D eigenvalue weighted by atomic mass is 9.85. The first-order chi connectivity index (χ1) is 8.02. The SMILES string of the molecule is CC(C)C(CC1CCC2(CCCC2)O1)C(C)O. The maximum absolute atomic E-state index is 9.84. The van der Waals surface area contributed by atoms with Gasteiger partial charge in [-0.2, -0.15) is 0 Å². The maximum atomic E-state index is 9.84. The van der Waals surface area contributed by atoms with Crippen molar-refractivity contribution >= 4 is 0 Å². The average molecular weight is 240 g/mol. The Bertz CT molecular complexity index is 233. The molecule has 3 atom stereocenters. The van der Waals surface area contributed by atoms with Crippen LogP contribution in [0.2, 0.25) is 0 Å². The van der Waals surface area contributed by atoms with E-state index in [9.17, 15) is 5.11 Å². The Kier molecular flexibility index (Phi) is 4.14. The fourth-order valence-electron chi connectivity index (χ4n) is 3.78. The van der Waals surface area contributed by atoms with Gasteiger partial charge in [0, 0.05) is 0 Å². The smallest absolute Gasteiger partial charge is 0.0687 e. The molecule has 0 amide bonds. The molecular formula is C15H28O2. The van der Waals surface area contributed by atoms with Crippen molar-refractivity contribution < 1.29 is 9.84 Å². The fourth-order valence-corrected chi connectivity index (χ4v) is 3.78. The van der Waals surface area contributed by atoms with Crippen LogP contribution in [-0.2, 0) is 4.74 Å². The molecule has 0 aromatic rings. The summed E-state index contributed by atoms with van der Waals surface area (Å²) in [6, 6.07) is 0. The molecule has 0 radical (unpaired) electrons. The number of rotatable bonds is 4. The standard InChI is InChI=1S/C15H28O2/c1-11(2)14(12(3)16)10-13-6-9-15(17-13)7-4-5-8-15/h11-14,16H,4-10H2,1-3H3. The minimum atomic E-state index is -0.210. The average Bonchev–Trinajstić information content (AvgIpc) is 2.85. The quantitative estimate of drug-likeness (QED) is 0.814. The minimum Gasteiger partial charge on any atom is -0.393 e.